The Morgan fingerprint density at radius 1 is 1.11 bits per heavy atom. The quantitative estimate of drug-likeness (QED) is 0.758. The van der Waals surface area contributed by atoms with Gasteiger partial charge in [-0.1, -0.05) is 30.3 Å². The molecule has 0 bridgehead atoms. The smallest absolute Gasteiger partial charge is 0.268 e. The second kappa shape index (κ2) is 5.97. The van der Waals surface area contributed by atoms with Gasteiger partial charge in [-0.25, -0.2) is 0 Å². The lowest BCUT2D eigenvalue weighted by atomic mass is 10.1. The summed E-state index contributed by atoms with van der Waals surface area (Å²) in [4.78, 5) is 25.3. The van der Waals surface area contributed by atoms with Crippen molar-refractivity contribution in [3.05, 3.63) is 69.6 Å². The SMILES string of the molecule is O=C(NCc1ccc(CO)cc1)c1cccc(=O)[nH]1. The van der Waals surface area contributed by atoms with Gasteiger partial charge >= 0.3 is 0 Å². The summed E-state index contributed by atoms with van der Waals surface area (Å²) in [6.45, 7) is 0.360. The first-order valence-electron chi connectivity index (χ1n) is 5.85. The lowest BCUT2D eigenvalue weighted by molar-refractivity contribution is 0.0945. The average molecular weight is 258 g/mol. The Labute approximate surface area is 109 Å². The van der Waals surface area contributed by atoms with Gasteiger partial charge in [0.05, 0.1) is 6.61 Å². The molecule has 19 heavy (non-hydrogen) atoms. The fourth-order valence-corrected chi connectivity index (χ4v) is 1.62. The molecule has 0 saturated carbocycles. The molecule has 0 atom stereocenters. The summed E-state index contributed by atoms with van der Waals surface area (Å²) >= 11 is 0. The van der Waals surface area contributed by atoms with Crippen LogP contribution in [0.2, 0.25) is 0 Å². The normalized spacial score (nSPS) is 10.2. The van der Waals surface area contributed by atoms with Gasteiger partial charge in [0, 0.05) is 12.6 Å². The minimum atomic E-state index is -0.330. The van der Waals surface area contributed by atoms with E-state index in [9.17, 15) is 9.59 Å². The number of aromatic nitrogens is 1. The molecule has 1 aromatic carbocycles. The average Bonchev–Trinajstić information content (AvgIpc) is 2.45. The fourth-order valence-electron chi connectivity index (χ4n) is 1.62. The topological polar surface area (TPSA) is 82.2 Å². The van der Waals surface area contributed by atoms with E-state index < -0.39 is 0 Å². The number of carbonyl (C=O) groups excluding carboxylic acids is 1. The molecule has 0 saturated heterocycles. The molecule has 2 aromatic rings. The summed E-state index contributed by atoms with van der Waals surface area (Å²) in [5.41, 5.74) is 1.67. The summed E-state index contributed by atoms with van der Waals surface area (Å²) in [7, 11) is 0. The maximum Gasteiger partial charge on any atom is 0.268 e. The molecule has 0 radical (unpaired) electrons. The number of amides is 1. The van der Waals surface area contributed by atoms with Crippen LogP contribution >= 0.6 is 0 Å². The Hall–Kier alpha value is -2.40. The number of carbonyl (C=O) groups is 1. The van der Waals surface area contributed by atoms with Crippen LogP contribution in [0.25, 0.3) is 0 Å². The third kappa shape index (κ3) is 3.53. The van der Waals surface area contributed by atoms with Crippen LogP contribution in [0.15, 0.2) is 47.3 Å². The number of aromatic amines is 1. The number of aliphatic hydroxyl groups excluding tert-OH is 1. The highest BCUT2D eigenvalue weighted by Crippen LogP contribution is 2.04. The molecular weight excluding hydrogens is 244 g/mol. The molecule has 2 rings (SSSR count). The third-order valence-electron chi connectivity index (χ3n) is 2.67. The van der Waals surface area contributed by atoms with E-state index in [1.54, 1.807) is 18.2 Å². The Morgan fingerprint density at radius 2 is 1.79 bits per heavy atom. The molecule has 98 valence electrons. The van der Waals surface area contributed by atoms with Crippen LogP contribution in [0.4, 0.5) is 0 Å². The Bertz CT molecular complexity index is 617. The first-order chi connectivity index (χ1) is 9.19. The van der Waals surface area contributed by atoms with Crippen LogP contribution in [-0.4, -0.2) is 16.0 Å². The van der Waals surface area contributed by atoms with Crippen molar-refractivity contribution in [3.63, 3.8) is 0 Å². The number of nitrogens with one attached hydrogen (secondary N) is 2. The van der Waals surface area contributed by atoms with Gasteiger partial charge < -0.3 is 15.4 Å². The number of pyridine rings is 1. The maximum absolute atomic E-state index is 11.8. The van der Waals surface area contributed by atoms with Gasteiger partial charge in [-0.3, -0.25) is 9.59 Å². The van der Waals surface area contributed by atoms with Crippen molar-refractivity contribution in [1.82, 2.24) is 10.3 Å². The standard InChI is InChI=1S/C14H14N2O3/c17-9-11-6-4-10(5-7-11)8-15-14(19)12-2-1-3-13(18)16-12/h1-7,17H,8-9H2,(H,15,19)(H,16,18). The van der Waals surface area contributed by atoms with Crippen LogP contribution in [-0.2, 0) is 13.2 Å². The maximum atomic E-state index is 11.8. The number of H-pyrrole nitrogens is 1. The summed E-state index contributed by atoms with van der Waals surface area (Å²) < 4.78 is 0. The van der Waals surface area contributed by atoms with Crippen LogP contribution in [0.3, 0.4) is 0 Å². The Morgan fingerprint density at radius 3 is 2.42 bits per heavy atom. The van der Waals surface area contributed by atoms with Crippen LogP contribution < -0.4 is 10.9 Å². The van der Waals surface area contributed by atoms with Gasteiger partial charge in [0.15, 0.2) is 0 Å². The van der Waals surface area contributed by atoms with E-state index in [1.165, 1.54) is 12.1 Å². The van der Waals surface area contributed by atoms with Crippen LogP contribution in [0.1, 0.15) is 21.6 Å². The van der Waals surface area contributed by atoms with Gasteiger partial charge in [-0.15, -0.1) is 0 Å². The Kier molecular flexibility index (Phi) is 4.10. The zero-order valence-electron chi connectivity index (χ0n) is 10.2. The van der Waals surface area contributed by atoms with E-state index in [0.29, 0.717) is 6.54 Å². The molecule has 1 aromatic heterocycles. The number of hydrogen-bond acceptors (Lipinski definition) is 3. The summed E-state index contributed by atoms with van der Waals surface area (Å²) in [5, 5.41) is 11.6. The predicted molar refractivity (Wildman–Crippen MR) is 70.6 cm³/mol. The molecule has 0 aliphatic carbocycles. The first-order valence-corrected chi connectivity index (χ1v) is 5.85. The van der Waals surface area contributed by atoms with Crippen LogP contribution in [0, 0.1) is 0 Å². The molecule has 0 aliphatic heterocycles. The van der Waals surface area contributed by atoms with E-state index in [1.807, 2.05) is 12.1 Å². The van der Waals surface area contributed by atoms with Crippen molar-refractivity contribution in [2.24, 2.45) is 0 Å². The number of rotatable bonds is 4. The Balaban J connectivity index is 1.98. The van der Waals surface area contributed by atoms with E-state index >= 15 is 0 Å². The second-order valence-corrected chi connectivity index (χ2v) is 4.09. The molecule has 1 heterocycles. The molecule has 5 nitrogen and oxygen atoms in total. The van der Waals surface area contributed by atoms with E-state index in [2.05, 4.69) is 10.3 Å². The first kappa shape index (κ1) is 13.0. The molecule has 3 N–H and O–H groups in total. The zero-order chi connectivity index (χ0) is 13.7. The number of benzene rings is 1. The summed E-state index contributed by atoms with van der Waals surface area (Å²) in [6.07, 6.45) is 0. The van der Waals surface area contributed by atoms with Crippen molar-refractivity contribution in [3.8, 4) is 0 Å². The lowest BCUT2D eigenvalue weighted by Gasteiger charge is -2.05. The highest BCUT2D eigenvalue weighted by Gasteiger charge is 2.05. The van der Waals surface area contributed by atoms with Gasteiger partial charge in [0.25, 0.3) is 5.91 Å². The molecule has 5 heteroatoms. The second-order valence-electron chi connectivity index (χ2n) is 4.09. The van der Waals surface area contributed by atoms with Gasteiger partial charge in [-0.2, -0.15) is 0 Å². The van der Waals surface area contributed by atoms with Gasteiger partial charge in [-0.05, 0) is 17.2 Å². The lowest BCUT2D eigenvalue weighted by Crippen LogP contribution is -2.25. The van der Waals surface area contributed by atoms with E-state index in [0.717, 1.165) is 11.1 Å². The van der Waals surface area contributed by atoms with Crippen molar-refractivity contribution >= 4 is 5.91 Å². The van der Waals surface area contributed by atoms with Crippen molar-refractivity contribution in [1.29, 1.82) is 0 Å². The largest absolute Gasteiger partial charge is 0.392 e. The molecule has 0 spiro atoms. The molecule has 0 fully saturated rings. The zero-order valence-corrected chi connectivity index (χ0v) is 10.2. The highest BCUT2D eigenvalue weighted by molar-refractivity contribution is 5.92. The number of aliphatic hydroxyl groups is 1. The van der Waals surface area contributed by atoms with E-state index in [-0.39, 0.29) is 23.8 Å². The monoisotopic (exact) mass is 258 g/mol. The van der Waals surface area contributed by atoms with Crippen molar-refractivity contribution in [2.45, 2.75) is 13.2 Å². The van der Waals surface area contributed by atoms with Crippen LogP contribution in [0.5, 0.6) is 0 Å². The fraction of sp³-hybridized carbons (Fsp3) is 0.143. The van der Waals surface area contributed by atoms with Gasteiger partial charge in [0.2, 0.25) is 5.56 Å². The number of hydrogen-bond donors (Lipinski definition) is 3. The molecule has 0 unspecified atom stereocenters. The van der Waals surface area contributed by atoms with E-state index in [4.69, 9.17) is 5.11 Å². The summed E-state index contributed by atoms with van der Waals surface area (Å²) in [6, 6.07) is 11.7. The van der Waals surface area contributed by atoms with Gasteiger partial charge in [0.1, 0.15) is 5.69 Å². The highest BCUT2D eigenvalue weighted by atomic mass is 16.3. The molecule has 0 aliphatic rings. The third-order valence-corrected chi connectivity index (χ3v) is 2.67. The van der Waals surface area contributed by atoms with Crippen molar-refractivity contribution < 1.29 is 9.90 Å². The summed E-state index contributed by atoms with van der Waals surface area (Å²) in [5.74, 6) is -0.330. The molecular formula is C14H14N2O3. The predicted octanol–water partition coefficient (Wildman–Crippen LogP) is 0.797. The minimum Gasteiger partial charge on any atom is -0.392 e. The van der Waals surface area contributed by atoms with Crippen molar-refractivity contribution in [2.75, 3.05) is 0 Å². The minimum absolute atomic E-state index is 0.00209. The molecule has 1 amide bonds.